The van der Waals surface area contributed by atoms with Gasteiger partial charge in [0.2, 0.25) is 5.91 Å². The Morgan fingerprint density at radius 2 is 0.851 bits per heavy atom. The van der Waals surface area contributed by atoms with Crippen molar-refractivity contribution in [3.05, 3.63) is 36.5 Å². The molecule has 0 aromatic rings. The molecular formula is C58H114N2O6P+. The maximum absolute atomic E-state index is 13.0. The number of phosphoric ester groups is 1. The van der Waals surface area contributed by atoms with Gasteiger partial charge in [0.15, 0.2) is 0 Å². The highest BCUT2D eigenvalue weighted by Gasteiger charge is 2.28. The first-order chi connectivity index (χ1) is 32.5. The zero-order valence-electron chi connectivity index (χ0n) is 45.2. The molecule has 8 nitrogen and oxygen atoms in total. The van der Waals surface area contributed by atoms with Crippen molar-refractivity contribution in [3.63, 3.8) is 0 Å². The number of rotatable bonds is 53. The summed E-state index contributed by atoms with van der Waals surface area (Å²) in [4.78, 5) is 23.3. The van der Waals surface area contributed by atoms with E-state index in [0.717, 1.165) is 51.4 Å². The molecule has 0 saturated carbocycles. The number of amides is 1. The van der Waals surface area contributed by atoms with Gasteiger partial charge in [-0.2, -0.15) is 0 Å². The number of quaternary nitrogens is 1. The third-order valence-electron chi connectivity index (χ3n) is 13.1. The molecule has 0 aromatic heterocycles. The summed E-state index contributed by atoms with van der Waals surface area (Å²) in [6, 6.07) is -0.763. The monoisotopic (exact) mass is 966 g/mol. The third kappa shape index (κ3) is 52.4. The Morgan fingerprint density at radius 3 is 1.24 bits per heavy atom. The summed E-state index contributed by atoms with van der Waals surface area (Å²) >= 11 is 0. The fourth-order valence-electron chi connectivity index (χ4n) is 8.58. The Bertz CT molecular complexity index is 1190. The summed E-state index contributed by atoms with van der Waals surface area (Å²) in [7, 11) is 1.62. The van der Waals surface area contributed by atoms with Gasteiger partial charge in [0.1, 0.15) is 13.2 Å². The lowest BCUT2D eigenvalue weighted by Gasteiger charge is -2.26. The molecule has 0 bridgehead atoms. The van der Waals surface area contributed by atoms with E-state index in [4.69, 9.17) is 9.05 Å². The van der Waals surface area contributed by atoms with Gasteiger partial charge in [-0.25, -0.2) is 4.57 Å². The predicted octanol–water partition coefficient (Wildman–Crippen LogP) is 17.4. The fraction of sp³-hybridized carbons (Fsp3) is 0.879. The molecule has 0 aromatic carbocycles. The summed E-state index contributed by atoms with van der Waals surface area (Å²) in [5.74, 6) is -0.146. The molecule has 0 rings (SSSR count). The topological polar surface area (TPSA) is 105 Å². The van der Waals surface area contributed by atoms with E-state index in [0.29, 0.717) is 23.9 Å². The van der Waals surface area contributed by atoms with Crippen LogP contribution in [-0.4, -0.2) is 73.4 Å². The minimum Gasteiger partial charge on any atom is -0.391 e. The smallest absolute Gasteiger partial charge is 0.391 e. The molecule has 0 fully saturated rings. The van der Waals surface area contributed by atoms with Crippen molar-refractivity contribution in [2.45, 2.75) is 289 Å². The summed E-state index contributed by atoms with van der Waals surface area (Å²) in [6.45, 7) is 4.91. The van der Waals surface area contributed by atoms with Crippen LogP contribution in [0.2, 0.25) is 0 Å². The predicted molar refractivity (Wildman–Crippen MR) is 291 cm³/mol. The largest absolute Gasteiger partial charge is 0.472 e. The zero-order chi connectivity index (χ0) is 49.2. The Labute approximate surface area is 417 Å². The van der Waals surface area contributed by atoms with Crippen LogP contribution >= 0.6 is 7.82 Å². The van der Waals surface area contributed by atoms with Gasteiger partial charge in [0, 0.05) is 6.42 Å². The second-order valence-corrected chi connectivity index (χ2v) is 22.5. The van der Waals surface area contributed by atoms with E-state index < -0.39 is 20.0 Å². The van der Waals surface area contributed by atoms with E-state index in [1.807, 2.05) is 21.1 Å². The van der Waals surface area contributed by atoms with Crippen molar-refractivity contribution >= 4 is 13.7 Å². The van der Waals surface area contributed by atoms with E-state index in [9.17, 15) is 19.4 Å². The van der Waals surface area contributed by atoms with Gasteiger partial charge in [-0.05, 0) is 51.4 Å². The number of carbonyl (C=O) groups excluding carboxylic acids is 1. The molecule has 9 heteroatoms. The van der Waals surface area contributed by atoms with Crippen LogP contribution in [0.25, 0.3) is 0 Å². The van der Waals surface area contributed by atoms with Gasteiger partial charge in [-0.15, -0.1) is 0 Å². The number of nitrogens with zero attached hydrogens (tertiary/aromatic N) is 1. The van der Waals surface area contributed by atoms with Gasteiger partial charge >= 0.3 is 7.82 Å². The maximum atomic E-state index is 13.0. The number of hydrogen-bond donors (Lipinski definition) is 3. The highest BCUT2D eigenvalue weighted by molar-refractivity contribution is 7.47. The van der Waals surface area contributed by atoms with Crippen molar-refractivity contribution < 1.29 is 32.9 Å². The first kappa shape index (κ1) is 65.7. The summed E-state index contributed by atoms with van der Waals surface area (Å²) in [5.41, 5.74) is 0. The second kappa shape index (κ2) is 49.7. The lowest BCUT2D eigenvalue weighted by atomic mass is 10.0. The molecule has 3 N–H and O–H groups in total. The van der Waals surface area contributed by atoms with Crippen LogP contribution in [0, 0.1) is 0 Å². The normalized spacial score (nSPS) is 14.2. The molecule has 1 amide bonds. The molecule has 67 heavy (non-hydrogen) atoms. The first-order valence-corrected chi connectivity index (χ1v) is 30.3. The Hall–Kier alpha value is -1.28. The molecule has 3 atom stereocenters. The van der Waals surface area contributed by atoms with Crippen LogP contribution in [0.15, 0.2) is 36.5 Å². The molecule has 0 spiro atoms. The standard InChI is InChI=1S/C58H113N2O6P/c1-6-8-10-12-14-16-18-20-22-24-26-28-29-30-31-32-34-36-38-40-42-44-46-48-50-52-58(62)59-56(55-66-67(63,64)65-54-53-60(3,4)5)57(61)51-49-47-45-43-41-39-37-35-33-27-25-23-21-19-17-15-13-11-9-7-2/h18,20,24,26,29-30,56-57,61H,6-17,19,21-23,25,27-28,31-55H2,1-5H3,(H-,59,62,63,64)/p+1/b20-18-,26-24-,30-29-. The van der Waals surface area contributed by atoms with Crippen LogP contribution in [0.5, 0.6) is 0 Å². The van der Waals surface area contributed by atoms with Gasteiger partial charge in [-0.3, -0.25) is 13.8 Å². The molecule has 3 unspecified atom stereocenters. The number of nitrogens with one attached hydrogen (secondary N) is 1. The molecule has 0 aliphatic heterocycles. The minimum atomic E-state index is -4.32. The summed E-state index contributed by atoms with van der Waals surface area (Å²) in [6.07, 6.45) is 63.3. The van der Waals surface area contributed by atoms with Crippen molar-refractivity contribution in [2.24, 2.45) is 0 Å². The number of phosphoric acid groups is 1. The van der Waals surface area contributed by atoms with E-state index >= 15 is 0 Å². The van der Waals surface area contributed by atoms with E-state index in [-0.39, 0.29) is 19.1 Å². The quantitative estimate of drug-likeness (QED) is 0.0243. The van der Waals surface area contributed by atoms with E-state index in [1.165, 1.54) is 199 Å². The second-order valence-electron chi connectivity index (χ2n) is 21.0. The first-order valence-electron chi connectivity index (χ1n) is 28.9. The fourth-order valence-corrected chi connectivity index (χ4v) is 9.32. The van der Waals surface area contributed by atoms with Crippen molar-refractivity contribution in [3.8, 4) is 0 Å². The minimum absolute atomic E-state index is 0.0741. The van der Waals surface area contributed by atoms with Gasteiger partial charge in [0.05, 0.1) is 39.9 Å². The van der Waals surface area contributed by atoms with Gasteiger partial charge in [0.25, 0.3) is 0 Å². The Morgan fingerprint density at radius 1 is 0.507 bits per heavy atom. The zero-order valence-corrected chi connectivity index (χ0v) is 46.0. The van der Waals surface area contributed by atoms with Crippen LogP contribution in [0.1, 0.15) is 277 Å². The Kier molecular flexibility index (Phi) is 48.7. The molecule has 0 saturated heterocycles. The summed E-state index contributed by atoms with van der Waals surface area (Å²) in [5, 5.41) is 14.1. The van der Waals surface area contributed by atoms with Crippen LogP contribution in [0.3, 0.4) is 0 Å². The SMILES string of the molecule is CCCCCCC/C=C\C/C=C\C/C=C\CCCCCCCCCCCCC(=O)NC(COP(=O)(O)OCC[N+](C)(C)C)C(O)CCCCCCCCCCCCCCCCCCCCCC. The van der Waals surface area contributed by atoms with Crippen LogP contribution in [-0.2, 0) is 18.4 Å². The average Bonchev–Trinajstić information content (AvgIpc) is 3.29. The van der Waals surface area contributed by atoms with Crippen LogP contribution in [0.4, 0.5) is 0 Å². The number of likely N-dealkylation sites (N-methyl/N-ethyl adjacent to an activating group) is 1. The van der Waals surface area contributed by atoms with Crippen molar-refractivity contribution in [1.82, 2.24) is 5.32 Å². The molecular weight excluding hydrogens is 852 g/mol. The van der Waals surface area contributed by atoms with Crippen molar-refractivity contribution in [2.75, 3.05) is 40.9 Å². The molecule has 0 heterocycles. The lowest BCUT2D eigenvalue weighted by Crippen LogP contribution is -2.46. The van der Waals surface area contributed by atoms with E-state index in [2.05, 4.69) is 55.6 Å². The number of hydrogen-bond acceptors (Lipinski definition) is 5. The van der Waals surface area contributed by atoms with Crippen LogP contribution < -0.4 is 5.32 Å². The molecule has 0 radical (unpaired) electrons. The molecule has 396 valence electrons. The van der Waals surface area contributed by atoms with Gasteiger partial charge < -0.3 is 19.8 Å². The number of aliphatic hydroxyl groups is 1. The highest BCUT2D eigenvalue weighted by atomic mass is 31.2. The number of carbonyl (C=O) groups is 1. The number of allylic oxidation sites excluding steroid dienone is 6. The summed E-state index contributed by atoms with van der Waals surface area (Å²) < 4.78 is 23.8. The number of aliphatic hydroxyl groups excluding tert-OH is 1. The lowest BCUT2D eigenvalue weighted by molar-refractivity contribution is -0.870. The Balaban J connectivity index is 4.18. The maximum Gasteiger partial charge on any atom is 0.472 e. The molecule has 0 aliphatic carbocycles. The average molecular weight is 967 g/mol. The molecule has 0 aliphatic rings. The third-order valence-corrected chi connectivity index (χ3v) is 14.1. The highest BCUT2D eigenvalue weighted by Crippen LogP contribution is 2.43. The van der Waals surface area contributed by atoms with Crippen molar-refractivity contribution in [1.29, 1.82) is 0 Å². The number of unbranched alkanes of at least 4 members (excludes halogenated alkanes) is 34. The van der Waals surface area contributed by atoms with E-state index in [1.54, 1.807) is 0 Å². The van der Waals surface area contributed by atoms with Gasteiger partial charge in [-0.1, -0.05) is 256 Å².